The summed E-state index contributed by atoms with van der Waals surface area (Å²) in [6.45, 7) is 3.78. The number of nitrogen functional groups attached to an aromatic ring is 1. The van der Waals surface area contributed by atoms with Crippen LogP contribution in [-0.4, -0.2) is 29.1 Å². The molecule has 1 aliphatic rings. The lowest BCUT2D eigenvalue weighted by atomic mass is 9.93. The van der Waals surface area contributed by atoms with Crippen molar-refractivity contribution in [3.63, 3.8) is 0 Å². The van der Waals surface area contributed by atoms with Crippen LogP contribution >= 0.6 is 23.2 Å². The second-order valence-corrected chi connectivity index (χ2v) is 8.43. The zero-order chi connectivity index (χ0) is 21.8. The molecule has 1 aromatic carbocycles. The van der Waals surface area contributed by atoms with Crippen LogP contribution in [0.4, 0.5) is 10.2 Å². The molecule has 0 aliphatic carbocycles. The second kappa shape index (κ2) is 9.83. The lowest BCUT2D eigenvalue weighted by molar-refractivity contribution is 0.231. The number of nitrogens with zero attached hydrogens (tertiary/aromatic N) is 2. The minimum absolute atomic E-state index is 0.0258. The molecule has 1 aliphatic heterocycles. The zero-order valence-electron chi connectivity index (χ0n) is 16.8. The summed E-state index contributed by atoms with van der Waals surface area (Å²) in [7, 11) is 0. The lowest BCUT2D eigenvalue weighted by Gasteiger charge is -2.30. The number of aromatic nitrogens is 1. The molecule has 1 saturated heterocycles. The number of nitrogens with one attached hydrogen (secondary N) is 1. The van der Waals surface area contributed by atoms with Crippen molar-refractivity contribution < 1.29 is 4.39 Å². The molecule has 30 heavy (non-hydrogen) atoms. The van der Waals surface area contributed by atoms with Crippen molar-refractivity contribution in [1.29, 1.82) is 0 Å². The molecule has 162 valence electrons. The Hall–Kier alpha value is -2.06. The Morgan fingerprint density at radius 2 is 2.07 bits per heavy atom. The Bertz CT molecular complexity index is 930. The minimum atomic E-state index is -0.504. The summed E-state index contributed by atoms with van der Waals surface area (Å²) in [6.07, 6.45) is 5.74. The summed E-state index contributed by atoms with van der Waals surface area (Å²) < 4.78 is 13.9. The molecule has 0 amide bonds. The maximum atomic E-state index is 13.9. The molecule has 1 atom stereocenters. The van der Waals surface area contributed by atoms with Crippen LogP contribution in [0.2, 0.25) is 10.0 Å². The summed E-state index contributed by atoms with van der Waals surface area (Å²) >= 11 is 12.4. The van der Waals surface area contributed by atoms with E-state index in [9.17, 15) is 4.39 Å². The predicted molar refractivity (Wildman–Crippen MR) is 121 cm³/mol. The number of halogens is 3. The number of pyridine rings is 1. The Kier molecular flexibility index (Phi) is 7.41. The van der Waals surface area contributed by atoms with Gasteiger partial charge in [-0.1, -0.05) is 30.1 Å². The van der Waals surface area contributed by atoms with E-state index in [2.05, 4.69) is 10.3 Å². The number of nitrogens with two attached hydrogens (primary N) is 3. The molecular weight excluding hydrogens is 426 g/mol. The van der Waals surface area contributed by atoms with Crippen LogP contribution in [0.25, 0.3) is 5.70 Å². The molecular formula is C21H27Cl2FN6. The van der Waals surface area contributed by atoms with E-state index in [-0.39, 0.29) is 17.0 Å². The molecule has 0 radical (unpaired) electrons. The average Bonchev–Trinajstić information content (AvgIpc) is 2.73. The monoisotopic (exact) mass is 452 g/mol. The van der Waals surface area contributed by atoms with Crippen molar-refractivity contribution in [2.45, 2.75) is 38.1 Å². The van der Waals surface area contributed by atoms with Gasteiger partial charge >= 0.3 is 0 Å². The minimum Gasteiger partial charge on any atom is -0.397 e. The van der Waals surface area contributed by atoms with Crippen molar-refractivity contribution in [2.24, 2.45) is 11.6 Å². The number of rotatable bonds is 6. The quantitative estimate of drug-likeness (QED) is 0.302. The number of benzene rings is 1. The number of hydrazine groups is 1. The first-order valence-electron chi connectivity index (χ1n) is 9.87. The number of anilines is 1. The smallest absolute Gasteiger partial charge is 0.142 e. The number of hydrogen-bond donors (Lipinski definition) is 4. The Morgan fingerprint density at radius 1 is 1.37 bits per heavy atom. The van der Waals surface area contributed by atoms with Gasteiger partial charge in [0.05, 0.1) is 10.7 Å². The van der Waals surface area contributed by atoms with E-state index in [0.29, 0.717) is 34.1 Å². The summed E-state index contributed by atoms with van der Waals surface area (Å²) in [4.78, 5) is 4.28. The van der Waals surface area contributed by atoms with E-state index in [1.807, 2.05) is 13.0 Å². The first-order chi connectivity index (χ1) is 14.3. The van der Waals surface area contributed by atoms with Crippen LogP contribution in [0.3, 0.4) is 0 Å². The highest BCUT2D eigenvalue weighted by molar-refractivity contribution is 6.36. The third-order valence-corrected chi connectivity index (χ3v) is 6.17. The van der Waals surface area contributed by atoms with Crippen molar-refractivity contribution in [3.05, 3.63) is 63.1 Å². The number of hydrogen-bond acceptors (Lipinski definition) is 6. The molecule has 2 heterocycles. The molecule has 7 N–H and O–H groups in total. The maximum Gasteiger partial charge on any atom is 0.142 e. The van der Waals surface area contributed by atoms with Gasteiger partial charge in [-0.05, 0) is 67.6 Å². The van der Waals surface area contributed by atoms with Crippen LogP contribution in [0.1, 0.15) is 42.4 Å². The van der Waals surface area contributed by atoms with Crippen LogP contribution < -0.4 is 22.6 Å². The van der Waals surface area contributed by atoms with Crippen LogP contribution in [0.5, 0.6) is 0 Å². The molecule has 3 rings (SSSR count). The molecule has 1 aromatic heterocycles. The van der Waals surface area contributed by atoms with Crippen molar-refractivity contribution in [3.8, 4) is 0 Å². The average molecular weight is 453 g/mol. The SMILES string of the molecule is CC(Cc1cc(/C(N)=C/N(N)C2CCNCC2)cnc1N)c1c(Cl)ccc(F)c1Cl. The first-order valence-corrected chi connectivity index (χ1v) is 10.6. The van der Waals surface area contributed by atoms with Gasteiger partial charge in [-0.3, -0.25) is 0 Å². The van der Waals surface area contributed by atoms with Gasteiger partial charge < -0.3 is 21.8 Å². The van der Waals surface area contributed by atoms with Crippen molar-refractivity contribution in [1.82, 2.24) is 15.3 Å². The Labute approximate surface area is 186 Å². The van der Waals surface area contributed by atoms with E-state index in [1.54, 1.807) is 17.4 Å². The van der Waals surface area contributed by atoms with Gasteiger partial charge in [-0.15, -0.1) is 0 Å². The van der Waals surface area contributed by atoms with Gasteiger partial charge in [-0.25, -0.2) is 15.2 Å². The van der Waals surface area contributed by atoms with Gasteiger partial charge in [0.2, 0.25) is 0 Å². The highest BCUT2D eigenvalue weighted by atomic mass is 35.5. The van der Waals surface area contributed by atoms with Crippen LogP contribution in [-0.2, 0) is 6.42 Å². The van der Waals surface area contributed by atoms with E-state index >= 15 is 0 Å². The van der Waals surface area contributed by atoms with Crippen LogP contribution in [0, 0.1) is 5.82 Å². The maximum absolute atomic E-state index is 13.9. The summed E-state index contributed by atoms with van der Waals surface area (Å²) in [5.74, 6) is 5.90. The lowest BCUT2D eigenvalue weighted by Crippen LogP contribution is -2.44. The van der Waals surface area contributed by atoms with Gasteiger partial charge in [0, 0.05) is 29.0 Å². The van der Waals surface area contributed by atoms with Gasteiger partial charge in [0.15, 0.2) is 0 Å². The summed E-state index contributed by atoms with van der Waals surface area (Å²) in [5, 5.41) is 5.42. The third-order valence-electron chi connectivity index (χ3n) is 5.45. The van der Waals surface area contributed by atoms with E-state index < -0.39 is 5.82 Å². The molecule has 1 fully saturated rings. The highest BCUT2D eigenvalue weighted by Crippen LogP contribution is 2.36. The Balaban J connectivity index is 1.81. The van der Waals surface area contributed by atoms with Crippen LogP contribution in [0.15, 0.2) is 30.6 Å². The van der Waals surface area contributed by atoms with Crippen molar-refractivity contribution >= 4 is 34.7 Å². The molecule has 1 unspecified atom stereocenters. The molecule has 0 bridgehead atoms. The fourth-order valence-electron chi connectivity index (χ4n) is 3.71. The topological polar surface area (TPSA) is 106 Å². The highest BCUT2D eigenvalue weighted by Gasteiger charge is 2.20. The van der Waals surface area contributed by atoms with E-state index in [1.165, 1.54) is 12.1 Å². The zero-order valence-corrected chi connectivity index (χ0v) is 18.3. The molecule has 9 heteroatoms. The fourth-order valence-corrected chi connectivity index (χ4v) is 4.46. The van der Waals surface area contributed by atoms with E-state index in [4.69, 9.17) is 40.5 Å². The fraction of sp³-hybridized carbons (Fsp3) is 0.381. The second-order valence-electron chi connectivity index (χ2n) is 7.64. The van der Waals surface area contributed by atoms with Gasteiger partial charge in [0.25, 0.3) is 0 Å². The van der Waals surface area contributed by atoms with Gasteiger partial charge in [0.1, 0.15) is 11.6 Å². The molecule has 6 nitrogen and oxygen atoms in total. The first kappa shape index (κ1) is 22.6. The predicted octanol–water partition coefficient (Wildman–Crippen LogP) is 3.64. The normalized spacial score (nSPS) is 16.5. The molecule has 0 spiro atoms. The van der Waals surface area contributed by atoms with E-state index in [0.717, 1.165) is 31.5 Å². The number of piperidine rings is 1. The standard InChI is InChI=1S/C21H27Cl2FN6/c1-12(19-16(22)2-3-17(24)20(19)23)8-13-9-14(10-29-21(13)26)18(25)11-30(27)15-4-6-28-7-5-15/h2-3,9-12,15,28H,4-8,25,27H2,1H3,(H2,26,29)/b18-11-. The summed E-state index contributed by atoms with van der Waals surface area (Å²) in [5.41, 5.74) is 14.9. The Morgan fingerprint density at radius 3 is 2.77 bits per heavy atom. The van der Waals surface area contributed by atoms with Crippen molar-refractivity contribution in [2.75, 3.05) is 18.8 Å². The summed E-state index contributed by atoms with van der Waals surface area (Å²) in [6, 6.07) is 4.87. The van der Waals surface area contributed by atoms with Gasteiger partial charge in [-0.2, -0.15) is 0 Å². The molecule has 2 aromatic rings. The molecule has 0 saturated carbocycles. The largest absolute Gasteiger partial charge is 0.397 e. The third kappa shape index (κ3) is 5.16.